The predicted octanol–water partition coefficient (Wildman–Crippen LogP) is 0.800. The highest BCUT2D eigenvalue weighted by Crippen LogP contribution is 2.05. The second-order valence-electron chi connectivity index (χ2n) is 4.84. The van der Waals surface area contributed by atoms with E-state index in [4.69, 9.17) is 5.73 Å². The minimum absolute atomic E-state index is 0.414. The van der Waals surface area contributed by atoms with Gasteiger partial charge in [0.2, 0.25) is 0 Å². The highest BCUT2D eigenvalue weighted by Gasteiger charge is 2.20. The quantitative estimate of drug-likeness (QED) is 0.551. The molecule has 0 aliphatic carbocycles. The van der Waals surface area contributed by atoms with Crippen molar-refractivity contribution in [3.63, 3.8) is 0 Å². The molecular weight excluding hydrogens is 316 g/mol. The first-order valence-electron chi connectivity index (χ1n) is 7.22. The van der Waals surface area contributed by atoms with E-state index >= 15 is 0 Å². The molecule has 0 saturated carbocycles. The van der Waals surface area contributed by atoms with Gasteiger partial charge in [-0.1, -0.05) is 19.1 Å². The predicted molar refractivity (Wildman–Crippen MR) is 90.9 cm³/mol. The zero-order chi connectivity index (χ0) is 17.2. The van der Waals surface area contributed by atoms with E-state index in [1.807, 2.05) is 25.3 Å². The summed E-state index contributed by atoms with van der Waals surface area (Å²) in [5.74, 6) is -0.273. The van der Waals surface area contributed by atoms with Crippen molar-refractivity contribution in [3.8, 4) is 0 Å². The van der Waals surface area contributed by atoms with Crippen LogP contribution in [0.5, 0.6) is 0 Å². The average molecular weight is 338 g/mol. The number of hydrogen-bond donors (Lipinski definition) is 4. The van der Waals surface area contributed by atoms with Crippen LogP contribution < -0.4 is 21.9 Å². The summed E-state index contributed by atoms with van der Waals surface area (Å²) in [5, 5.41) is 2.36. The molecule has 4 amide bonds. The van der Waals surface area contributed by atoms with Gasteiger partial charge in [0.1, 0.15) is 6.04 Å². The third-order valence-corrected chi connectivity index (χ3v) is 3.81. The molecule has 5 N–H and O–H groups in total. The summed E-state index contributed by atoms with van der Waals surface area (Å²) in [5.41, 5.74) is 11.2. The minimum Gasteiger partial charge on any atom is -0.352 e. The number of benzene rings is 1. The Kier molecular flexibility index (Phi) is 7.96. The molecule has 0 saturated heterocycles. The first kappa shape index (κ1) is 18.8. The SMILES string of the molecule is CCc1ccc(C(=O)NNC(=O)[C@@H](CCSC)NC(N)=O)cc1. The number of amides is 4. The average Bonchev–Trinajstić information content (AvgIpc) is 2.55. The van der Waals surface area contributed by atoms with Crippen molar-refractivity contribution >= 4 is 29.6 Å². The van der Waals surface area contributed by atoms with E-state index in [1.165, 1.54) is 11.8 Å². The Balaban J connectivity index is 2.56. The summed E-state index contributed by atoms with van der Waals surface area (Å²) in [6.07, 6.45) is 3.19. The molecule has 7 nitrogen and oxygen atoms in total. The summed E-state index contributed by atoms with van der Waals surface area (Å²) in [7, 11) is 0. The van der Waals surface area contributed by atoms with E-state index in [0.29, 0.717) is 17.7 Å². The maximum Gasteiger partial charge on any atom is 0.312 e. The molecule has 23 heavy (non-hydrogen) atoms. The normalized spacial score (nSPS) is 11.4. The Morgan fingerprint density at radius 2 is 1.83 bits per heavy atom. The van der Waals surface area contributed by atoms with Gasteiger partial charge in [-0.05, 0) is 42.5 Å². The Labute approximate surface area is 139 Å². The lowest BCUT2D eigenvalue weighted by atomic mass is 10.1. The van der Waals surface area contributed by atoms with Crippen molar-refractivity contribution in [2.24, 2.45) is 5.73 Å². The van der Waals surface area contributed by atoms with E-state index in [0.717, 1.165) is 12.0 Å². The molecule has 0 radical (unpaired) electrons. The second-order valence-corrected chi connectivity index (χ2v) is 5.82. The molecule has 0 unspecified atom stereocenters. The first-order valence-corrected chi connectivity index (χ1v) is 8.61. The van der Waals surface area contributed by atoms with Crippen molar-refractivity contribution in [1.29, 1.82) is 0 Å². The number of primary amides is 1. The van der Waals surface area contributed by atoms with Crippen molar-refractivity contribution < 1.29 is 14.4 Å². The number of carbonyl (C=O) groups is 3. The molecule has 126 valence electrons. The van der Waals surface area contributed by atoms with Crippen molar-refractivity contribution in [3.05, 3.63) is 35.4 Å². The van der Waals surface area contributed by atoms with Gasteiger partial charge >= 0.3 is 6.03 Å². The zero-order valence-corrected chi connectivity index (χ0v) is 14.0. The van der Waals surface area contributed by atoms with Crippen LogP contribution in [0.1, 0.15) is 29.3 Å². The highest BCUT2D eigenvalue weighted by molar-refractivity contribution is 7.98. The van der Waals surface area contributed by atoms with Crippen LogP contribution in [0.25, 0.3) is 0 Å². The van der Waals surface area contributed by atoms with Crippen LogP contribution in [0.3, 0.4) is 0 Å². The van der Waals surface area contributed by atoms with Gasteiger partial charge in [0.25, 0.3) is 11.8 Å². The molecule has 1 rings (SSSR count). The molecule has 1 atom stereocenters. The van der Waals surface area contributed by atoms with Crippen LogP contribution in [-0.4, -0.2) is 35.9 Å². The largest absolute Gasteiger partial charge is 0.352 e. The third kappa shape index (κ3) is 6.60. The number of urea groups is 1. The molecule has 0 bridgehead atoms. The van der Waals surface area contributed by atoms with Crippen LogP contribution in [0, 0.1) is 0 Å². The number of thioether (sulfide) groups is 1. The topological polar surface area (TPSA) is 113 Å². The van der Waals surface area contributed by atoms with Gasteiger partial charge in [-0.2, -0.15) is 11.8 Å². The number of hydrazine groups is 1. The van der Waals surface area contributed by atoms with Gasteiger partial charge in [0.05, 0.1) is 0 Å². The Morgan fingerprint density at radius 3 is 2.35 bits per heavy atom. The number of nitrogens with two attached hydrogens (primary N) is 1. The van der Waals surface area contributed by atoms with E-state index in [2.05, 4.69) is 16.2 Å². The monoisotopic (exact) mass is 338 g/mol. The molecule has 0 aliphatic heterocycles. The van der Waals surface area contributed by atoms with Crippen LogP contribution >= 0.6 is 11.8 Å². The molecule has 0 aliphatic rings. The van der Waals surface area contributed by atoms with Crippen LogP contribution in [0.4, 0.5) is 4.79 Å². The van der Waals surface area contributed by atoms with Crippen LogP contribution in [0.15, 0.2) is 24.3 Å². The van der Waals surface area contributed by atoms with E-state index in [-0.39, 0.29) is 0 Å². The zero-order valence-electron chi connectivity index (χ0n) is 13.2. The Hall–Kier alpha value is -2.22. The minimum atomic E-state index is -0.789. The molecule has 0 spiro atoms. The fourth-order valence-electron chi connectivity index (χ4n) is 1.85. The lowest BCUT2D eigenvalue weighted by Crippen LogP contribution is -2.53. The van der Waals surface area contributed by atoms with Crippen molar-refractivity contribution in [2.45, 2.75) is 25.8 Å². The second kappa shape index (κ2) is 9.73. The molecule has 0 heterocycles. The van der Waals surface area contributed by atoms with Gasteiger partial charge in [0, 0.05) is 5.56 Å². The number of carbonyl (C=O) groups excluding carboxylic acids is 3. The van der Waals surface area contributed by atoms with Gasteiger partial charge in [-0.25, -0.2) is 4.79 Å². The van der Waals surface area contributed by atoms with Gasteiger partial charge in [-0.15, -0.1) is 0 Å². The Morgan fingerprint density at radius 1 is 1.17 bits per heavy atom. The molecule has 0 fully saturated rings. The number of nitrogens with one attached hydrogen (secondary N) is 3. The van der Waals surface area contributed by atoms with Crippen molar-refractivity contribution in [1.82, 2.24) is 16.2 Å². The molecule has 1 aromatic carbocycles. The third-order valence-electron chi connectivity index (χ3n) is 3.17. The maximum absolute atomic E-state index is 12.0. The Bertz CT molecular complexity index is 548. The van der Waals surface area contributed by atoms with Gasteiger partial charge in [0.15, 0.2) is 0 Å². The van der Waals surface area contributed by atoms with Crippen molar-refractivity contribution in [2.75, 3.05) is 12.0 Å². The van der Waals surface area contributed by atoms with Gasteiger partial charge in [-0.3, -0.25) is 20.4 Å². The summed E-state index contributed by atoms with van der Waals surface area (Å²) in [6, 6.07) is 5.51. The lowest BCUT2D eigenvalue weighted by Gasteiger charge is -2.17. The van der Waals surface area contributed by atoms with Crippen LogP contribution in [0.2, 0.25) is 0 Å². The summed E-state index contributed by atoms with van der Waals surface area (Å²) in [4.78, 5) is 34.9. The van der Waals surface area contributed by atoms with E-state index in [1.54, 1.807) is 12.1 Å². The maximum atomic E-state index is 12.0. The van der Waals surface area contributed by atoms with Gasteiger partial charge < -0.3 is 11.1 Å². The number of hydrogen-bond acceptors (Lipinski definition) is 4. The first-order chi connectivity index (χ1) is 11.0. The summed E-state index contributed by atoms with van der Waals surface area (Å²) in [6.45, 7) is 2.02. The van der Waals surface area contributed by atoms with Crippen LogP contribution in [-0.2, 0) is 11.2 Å². The lowest BCUT2D eigenvalue weighted by molar-refractivity contribution is -0.123. The fraction of sp³-hybridized carbons (Fsp3) is 0.400. The van der Waals surface area contributed by atoms with E-state index < -0.39 is 23.9 Å². The number of aryl methyl sites for hydroxylation is 1. The summed E-state index contributed by atoms with van der Waals surface area (Å²) >= 11 is 1.54. The fourth-order valence-corrected chi connectivity index (χ4v) is 2.32. The van der Waals surface area contributed by atoms with E-state index in [9.17, 15) is 14.4 Å². The number of rotatable bonds is 7. The molecule has 0 aromatic heterocycles. The smallest absolute Gasteiger partial charge is 0.312 e. The molecule has 8 heteroatoms. The summed E-state index contributed by atoms with van der Waals surface area (Å²) < 4.78 is 0. The molecular formula is C15H22N4O3S. The highest BCUT2D eigenvalue weighted by atomic mass is 32.2. The molecule has 1 aromatic rings. The standard InChI is InChI=1S/C15H22N4O3S/c1-3-10-4-6-11(7-5-10)13(20)18-19-14(21)12(8-9-23-2)17-15(16)22/h4-7,12H,3,8-9H2,1-2H3,(H,18,20)(H,19,21)(H3,16,17,22)/t12-/m1/s1.